The van der Waals surface area contributed by atoms with Crippen LogP contribution in [0.15, 0.2) is 126 Å². The third-order valence-electron chi connectivity index (χ3n) is 7.88. The van der Waals surface area contributed by atoms with Crippen LogP contribution in [0.2, 0.25) is 0 Å². The van der Waals surface area contributed by atoms with Crippen LogP contribution in [0.25, 0.3) is 82.6 Å². The van der Waals surface area contributed by atoms with E-state index in [0.717, 1.165) is 76.7 Å². The lowest BCUT2D eigenvalue weighted by Crippen LogP contribution is -2.03. The van der Waals surface area contributed by atoms with Crippen LogP contribution in [-0.2, 0) is 0 Å². The smallest absolute Gasteiger partial charge is 0.235 e. The molecular weight excluding hydrogens is 492 g/mol. The largest absolute Gasteiger partial charge is 0.454 e. The Bertz CT molecular complexity index is 2440. The number of rotatable bonds is 2. The molecule has 0 aliphatic rings. The molecule has 0 bridgehead atoms. The maximum absolute atomic E-state index is 6.66. The minimum atomic E-state index is 0.610. The summed E-state index contributed by atoms with van der Waals surface area (Å²) in [5.41, 5.74) is 6.48. The standard InChI is InChI=1S/C35H20N4O/c1-2-10-21(11-3-1)32-23-12-4-7-15-27(23)37-35(38-32)39-28-16-8-5-13-24(28)30-22-18-19-36-20-26(22)31-25-14-6-9-17-29(25)40-34(31)33(30)39/h1-20H. The Kier molecular flexibility index (Phi) is 4.27. The van der Waals surface area contributed by atoms with Crippen LogP contribution in [0.3, 0.4) is 0 Å². The molecule has 0 amide bonds. The van der Waals surface area contributed by atoms with Gasteiger partial charge in [0.1, 0.15) is 11.1 Å². The van der Waals surface area contributed by atoms with Crippen molar-refractivity contribution in [2.75, 3.05) is 0 Å². The van der Waals surface area contributed by atoms with E-state index in [1.54, 1.807) is 0 Å². The first-order chi connectivity index (χ1) is 19.9. The van der Waals surface area contributed by atoms with Crippen molar-refractivity contribution in [2.24, 2.45) is 0 Å². The minimum absolute atomic E-state index is 0.610. The highest BCUT2D eigenvalue weighted by Crippen LogP contribution is 2.45. The van der Waals surface area contributed by atoms with Gasteiger partial charge in [-0.1, -0.05) is 84.9 Å². The topological polar surface area (TPSA) is 56.7 Å². The molecule has 0 atom stereocenters. The molecule has 186 valence electrons. The van der Waals surface area contributed by atoms with Gasteiger partial charge in [-0.05, 0) is 29.7 Å². The molecular formula is C35H20N4O. The molecule has 0 saturated heterocycles. The zero-order valence-corrected chi connectivity index (χ0v) is 21.2. The molecule has 9 rings (SSSR count). The Labute approximate surface area is 228 Å². The van der Waals surface area contributed by atoms with Crippen molar-refractivity contribution in [1.82, 2.24) is 19.5 Å². The van der Waals surface area contributed by atoms with E-state index < -0.39 is 0 Å². The molecule has 4 aromatic heterocycles. The molecule has 0 spiro atoms. The molecule has 0 fully saturated rings. The average Bonchev–Trinajstić information content (AvgIpc) is 3.58. The van der Waals surface area contributed by atoms with E-state index in [0.29, 0.717) is 5.95 Å². The van der Waals surface area contributed by atoms with Crippen molar-refractivity contribution >= 4 is 65.4 Å². The number of para-hydroxylation sites is 3. The zero-order valence-electron chi connectivity index (χ0n) is 21.2. The lowest BCUT2D eigenvalue weighted by atomic mass is 10.0. The molecule has 5 nitrogen and oxygen atoms in total. The number of nitrogens with zero attached hydrogens (tertiary/aromatic N) is 4. The van der Waals surface area contributed by atoms with Gasteiger partial charge >= 0.3 is 0 Å². The van der Waals surface area contributed by atoms with Crippen LogP contribution in [0.1, 0.15) is 0 Å². The highest BCUT2D eigenvalue weighted by atomic mass is 16.3. The maximum Gasteiger partial charge on any atom is 0.235 e. The maximum atomic E-state index is 6.66. The quantitative estimate of drug-likeness (QED) is 0.232. The third-order valence-corrected chi connectivity index (χ3v) is 7.88. The van der Waals surface area contributed by atoms with E-state index in [1.807, 2.05) is 54.9 Å². The van der Waals surface area contributed by atoms with E-state index in [-0.39, 0.29) is 0 Å². The van der Waals surface area contributed by atoms with Crippen molar-refractivity contribution in [1.29, 1.82) is 0 Å². The zero-order chi connectivity index (χ0) is 26.2. The van der Waals surface area contributed by atoms with Gasteiger partial charge in [0.15, 0.2) is 5.58 Å². The summed E-state index contributed by atoms with van der Waals surface area (Å²) in [5, 5.41) is 7.57. The Morgan fingerprint density at radius 1 is 0.575 bits per heavy atom. The number of fused-ring (bicyclic) bond motifs is 11. The van der Waals surface area contributed by atoms with E-state index in [1.165, 1.54) is 0 Å². The van der Waals surface area contributed by atoms with Crippen LogP contribution in [-0.4, -0.2) is 19.5 Å². The fourth-order valence-corrected chi connectivity index (χ4v) is 6.21. The third kappa shape index (κ3) is 2.83. The number of furan rings is 1. The number of hydrogen-bond acceptors (Lipinski definition) is 4. The second-order valence-electron chi connectivity index (χ2n) is 10.1. The highest BCUT2D eigenvalue weighted by Gasteiger charge is 2.24. The first kappa shape index (κ1) is 21.4. The van der Waals surface area contributed by atoms with Gasteiger partial charge in [0.2, 0.25) is 5.95 Å². The van der Waals surface area contributed by atoms with Gasteiger partial charge < -0.3 is 4.42 Å². The van der Waals surface area contributed by atoms with Crippen molar-refractivity contribution < 1.29 is 4.42 Å². The summed E-state index contributed by atoms with van der Waals surface area (Å²) < 4.78 is 8.84. The Morgan fingerprint density at radius 2 is 1.32 bits per heavy atom. The molecule has 5 aromatic carbocycles. The Hall–Kier alpha value is -5.55. The second kappa shape index (κ2) is 7.98. The van der Waals surface area contributed by atoms with E-state index in [4.69, 9.17) is 14.4 Å². The molecule has 9 aromatic rings. The first-order valence-corrected chi connectivity index (χ1v) is 13.3. The summed E-state index contributed by atoms with van der Waals surface area (Å²) in [5.74, 6) is 0.610. The van der Waals surface area contributed by atoms with Crippen LogP contribution in [0.4, 0.5) is 0 Å². The fourth-order valence-electron chi connectivity index (χ4n) is 6.21. The summed E-state index contributed by atoms with van der Waals surface area (Å²) in [6, 6.07) is 37.3. The van der Waals surface area contributed by atoms with E-state index >= 15 is 0 Å². The summed E-state index contributed by atoms with van der Waals surface area (Å²) >= 11 is 0. The Morgan fingerprint density at radius 3 is 2.23 bits per heavy atom. The van der Waals surface area contributed by atoms with Gasteiger partial charge in [-0.25, -0.2) is 9.97 Å². The molecule has 0 radical (unpaired) electrons. The van der Waals surface area contributed by atoms with Gasteiger partial charge in [-0.3, -0.25) is 9.55 Å². The molecule has 4 heterocycles. The van der Waals surface area contributed by atoms with Crippen LogP contribution in [0.5, 0.6) is 0 Å². The van der Waals surface area contributed by atoms with Gasteiger partial charge in [0, 0.05) is 50.3 Å². The Balaban J connectivity index is 1.54. The molecule has 0 N–H and O–H groups in total. The van der Waals surface area contributed by atoms with Crippen molar-refractivity contribution in [3.8, 4) is 17.2 Å². The molecule has 0 aliphatic heterocycles. The SMILES string of the molecule is c1ccc(-c2nc(-n3c4ccccc4c4c5ccncc5c5c6ccccc6oc5c43)nc3ccccc23)cc1. The van der Waals surface area contributed by atoms with Gasteiger partial charge in [0.25, 0.3) is 0 Å². The lowest BCUT2D eigenvalue weighted by Gasteiger charge is -2.12. The minimum Gasteiger partial charge on any atom is -0.454 e. The fraction of sp³-hybridized carbons (Fsp3) is 0. The molecule has 0 aliphatic carbocycles. The predicted molar refractivity (Wildman–Crippen MR) is 162 cm³/mol. The molecule has 40 heavy (non-hydrogen) atoms. The van der Waals surface area contributed by atoms with Crippen LogP contribution in [0, 0.1) is 0 Å². The first-order valence-electron chi connectivity index (χ1n) is 13.3. The summed E-state index contributed by atoms with van der Waals surface area (Å²) in [6.45, 7) is 0. The molecule has 0 saturated carbocycles. The number of aromatic nitrogens is 4. The normalized spacial score (nSPS) is 12.0. The predicted octanol–water partition coefficient (Wildman–Crippen LogP) is 8.84. The molecule has 0 unspecified atom stereocenters. The lowest BCUT2D eigenvalue weighted by molar-refractivity contribution is 0.671. The average molecular weight is 513 g/mol. The summed E-state index contributed by atoms with van der Waals surface area (Å²) in [4.78, 5) is 14.9. The van der Waals surface area contributed by atoms with Gasteiger partial charge in [-0.15, -0.1) is 0 Å². The highest BCUT2D eigenvalue weighted by molar-refractivity contribution is 6.34. The monoisotopic (exact) mass is 512 g/mol. The van der Waals surface area contributed by atoms with Crippen LogP contribution < -0.4 is 0 Å². The van der Waals surface area contributed by atoms with E-state index in [9.17, 15) is 0 Å². The van der Waals surface area contributed by atoms with Crippen LogP contribution >= 0.6 is 0 Å². The summed E-state index contributed by atoms with van der Waals surface area (Å²) in [6.07, 6.45) is 3.81. The second-order valence-corrected chi connectivity index (χ2v) is 10.1. The van der Waals surface area contributed by atoms with Gasteiger partial charge in [0.05, 0.1) is 16.7 Å². The number of hydrogen-bond donors (Lipinski definition) is 0. The molecule has 5 heteroatoms. The van der Waals surface area contributed by atoms with E-state index in [2.05, 4.69) is 76.3 Å². The van der Waals surface area contributed by atoms with Gasteiger partial charge in [-0.2, -0.15) is 0 Å². The van der Waals surface area contributed by atoms with Crippen molar-refractivity contribution in [3.05, 3.63) is 122 Å². The number of pyridine rings is 1. The summed E-state index contributed by atoms with van der Waals surface area (Å²) in [7, 11) is 0. The number of benzene rings is 5. The van der Waals surface area contributed by atoms with Crippen molar-refractivity contribution in [3.63, 3.8) is 0 Å². The van der Waals surface area contributed by atoms with Crippen molar-refractivity contribution in [2.45, 2.75) is 0 Å².